The smallest absolute Gasteiger partial charge is 0.222 e. The van der Waals surface area contributed by atoms with E-state index in [1.54, 1.807) is 6.07 Å². The summed E-state index contributed by atoms with van der Waals surface area (Å²) in [6, 6.07) is 9.70. The van der Waals surface area contributed by atoms with Crippen molar-refractivity contribution in [2.24, 2.45) is 0 Å². The Morgan fingerprint density at radius 1 is 1.25 bits per heavy atom. The van der Waals surface area contributed by atoms with Crippen LogP contribution in [0, 0.1) is 0 Å². The van der Waals surface area contributed by atoms with Gasteiger partial charge in [0.05, 0.1) is 0 Å². The molecule has 4 heteroatoms. The summed E-state index contributed by atoms with van der Waals surface area (Å²) < 4.78 is 4.81. The van der Waals surface area contributed by atoms with Crippen LogP contribution in [0.5, 0.6) is 0 Å². The summed E-state index contributed by atoms with van der Waals surface area (Å²) in [6.45, 7) is 0.224. The van der Waals surface area contributed by atoms with Crippen LogP contribution in [0.1, 0.15) is 12.0 Å². The van der Waals surface area contributed by atoms with Crippen LogP contribution < -0.4 is 5.73 Å². The molecule has 3 N–H and O–H groups in total. The van der Waals surface area contributed by atoms with Crippen molar-refractivity contribution in [2.45, 2.75) is 12.8 Å². The lowest BCUT2D eigenvalue weighted by Crippen LogP contribution is -1.89. The quantitative estimate of drug-likeness (QED) is 0.821. The summed E-state index contributed by atoms with van der Waals surface area (Å²) in [5, 5.41) is 12.6. The van der Waals surface area contributed by atoms with E-state index >= 15 is 0 Å². The molecule has 0 atom stereocenters. The van der Waals surface area contributed by atoms with Gasteiger partial charge in [0.1, 0.15) is 5.69 Å². The lowest BCUT2D eigenvalue weighted by Gasteiger charge is -2.00. The van der Waals surface area contributed by atoms with Gasteiger partial charge >= 0.3 is 0 Å². The van der Waals surface area contributed by atoms with Gasteiger partial charge in [0.2, 0.25) is 5.88 Å². The van der Waals surface area contributed by atoms with Crippen LogP contribution in [0.3, 0.4) is 0 Å². The minimum atomic E-state index is 0.224. The first kappa shape index (κ1) is 10.7. The normalized spacial score (nSPS) is 10.6. The maximum Gasteiger partial charge on any atom is 0.222 e. The Labute approximate surface area is 93.7 Å². The van der Waals surface area contributed by atoms with Gasteiger partial charge in [0, 0.05) is 18.2 Å². The number of hydrogen-bond acceptors (Lipinski definition) is 4. The van der Waals surface area contributed by atoms with Gasteiger partial charge in [0.25, 0.3) is 0 Å². The highest BCUT2D eigenvalue weighted by molar-refractivity contribution is 5.61. The average molecular weight is 218 g/mol. The van der Waals surface area contributed by atoms with Crippen molar-refractivity contribution in [2.75, 3.05) is 12.3 Å². The Hall–Kier alpha value is -1.81. The molecule has 0 amide bonds. The number of aliphatic hydroxyl groups is 1. The largest absolute Gasteiger partial charge is 0.396 e. The topological polar surface area (TPSA) is 72.3 Å². The van der Waals surface area contributed by atoms with Gasteiger partial charge in [-0.1, -0.05) is 29.4 Å². The maximum absolute atomic E-state index is 8.73. The third-order valence-corrected chi connectivity index (χ3v) is 2.40. The number of nitrogen functional groups attached to an aromatic ring is 1. The highest BCUT2D eigenvalue weighted by atomic mass is 16.5. The number of aryl methyl sites for hydroxylation is 1. The molecule has 0 fully saturated rings. The predicted molar refractivity (Wildman–Crippen MR) is 61.8 cm³/mol. The van der Waals surface area contributed by atoms with Crippen molar-refractivity contribution < 1.29 is 9.63 Å². The van der Waals surface area contributed by atoms with Crippen molar-refractivity contribution in [3.63, 3.8) is 0 Å². The molecule has 16 heavy (non-hydrogen) atoms. The van der Waals surface area contributed by atoms with E-state index < -0.39 is 0 Å². The number of aromatic nitrogens is 1. The summed E-state index contributed by atoms with van der Waals surface area (Å²) in [5.41, 5.74) is 8.38. The van der Waals surface area contributed by atoms with Crippen molar-refractivity contribution in [1.82, 2.24) is 5.16 Å². The fraction of sp³-hybridized carbons (Fsp3) is 0.250. The van der Waals surface area contributed by atoms with E-state index in [4.69, 9.17) is 15.4 Å². The molecule has 1 aromatic carbocycles. The Kier molecular flexibility index (Phi) is 3.22. The molecular weight excluding hydrogens is 204 g/mol. The molecule has 1 aromatic heterocycles. The number of anilines is 1. The van der Waals surface area contributed by atoms with E-state index in [-0.39, 0.29) is 6.61 Å². The molecule has 0 aliphatic heterocycles. The number of aliphatic hydroxyl groups excluding tert-OH is 1. The molecule has 0 saturated heterocycles. The second-order valence-corrected chi connectivity index (χ2v) is 3.64. The zero-order valence-corrected chi connectivity index (χ0v) is 8.89. The fourth-order valence-corrected chi connectivity index (χ4v) is 1.55. The van der Waals surface area contributed by atoms with Crippen LogP contribution >= 0.6 is 0 Å². The summed E-state index contributed by atoms with van der Waals surface area (Å²) in [7, 11) is 0. The molecule has 84 valence electrons. The van der Waals surface area contributed by atoms with E-state index in [9.17, 15) is 0 Å². The lowest BCUT2D eigenvalue weighted by molar-refractivity contribution is 0.288. The second kappa shape index (κ2) is 4.81. The molecule has 0 aliphatic rings. The Bertz CT molecular complexity index is 448. The third kappa shape index (κ3) is 2.41. The van der Waals surface area contributed by atoms with Crippen LogP contribution in [0.15, 0.2) is 34.9 Å². The molecule has 0 unspecified atom stereocenters. The first-order chi connectivity index (χ1) is 7.79. The standard InChI is InChI=1S/C12H14N2O2/c13-12-8-11(14-16-12)10-5-3-9(4-6-10)2-1-7-15/h3-6,8,15H,1-2,7,13H2. The summed E-state index contributed by atoms with van der Waals surface area (Å²) in [5.74, 6) is 0.319. The van der Waals surface area contributed by atoms with Crippen molar-refractivity contribution in [3.05, 3.63) is 35.9 Å². The van der Waals surface area contributed by atoms with Gasteiger partial charge in [-0.25, -0.2) is 0 Å². The minimum Gasteiger partial charge on any atom is -0.396 e. The molecule has 0 spiro atoms. The SMILES string of the molecule is Nc1cc(-c2ccc(CCCO)cc2)no1. The zero-order chi connectivity index (χ0) is 11.4. The average Bonchev–Trinajstić information content (AvgIpc) is 2.74. The van der Waals surface area contributed by atoms with Gasteiger partial charge in [-0.3, -0.25) is 0 Å². The Balaban J connectivity index is 2.13. The van der Waals surface area contributed by atoms with Crippen molar-refractivity contribution in [3.8, 4) is 11.3 Å². The number of nitrogens with zero attached hydrogens (tertiary/aromatic N) is 1. The summed E-state index contributed by atoms with van der Waals surface area (Å²) >= 11 is 0. The van der Waals surface area contributed by atoms with Gasteiger partial charge in [0.15, 0.2) is 0 Å². The van der Waals surface area contributed by atoms with E-state index in [0.717, 1.165) is 24.1 Å². The van der Waals surface area contributed by atoms with E-state index in [1.165, 1.54) is 5.56 Å². The first-order valence-corrected chi connectivity index (χ1v) is 5.22. The number of benzene rings is 1. The zero-order valence-electron chi connectivity index (χ0n) is 8.89. The van der Waals surface area contributed by atoms with Crippen molar-refractivity contribution >= 4 is 5.88 Å². The molecular formula is C12H14N2O2. The van der Waals surface area contributed by atoms with Crippen LogP contribution in [0.2, 0.25) is 0 Å². The Morgan fingerprint density at radius 2 is 2.00 bits per heavy atom. The molecule has 0 bridgehead atoms. The maximum atomic E-state index is 8.73. The van der Waals surface area contributed by atoms with Gasteiger partial charge in [-0.2, -0.15) is 0 Å². The summed E-state index contributed by atoms with van der Waals surface area (Å²) in [4.78, 5) is 0. The lowest BCUT2D eigenvalue weighted by atomic mass is 10.1. The monoisotopic (exact) mass is 218 g/mol. The molecule has 2 aromatic rings. The Morgan fingerprint density at radius 3 is 2.56 bits per heavy atom. The molecule has 1 heterocycles. The summed E-state index contributed by atoms with van der Waals surface area (Å²) in [6.07, 6.45) is 1.67. The van der Waals surface area contributed by atoms with Crippen LogP contribution in [0.25, 0.3) is 11.3 Å². The molecule has 4 nitrogen and oxygen atoms in total. The van der Waals surface area contributed by atoms with Crippen LogP contribution in [-0.4, -0.2) is 16.9 Å². The molecule has 0 radical (unpaired) electrons. The third-order valence-electron chi connectivity index (χ3n) is 2.40. The minimum absolute atomic E-state index is 0.224. The van der Waals surface area contributed by atoms with E-state index in [1.807, 2.05) is 24.3 Å². The highest BCUT2D eigenvalue weighted by Gasteiger charge is 2.03. The van der Waals surface area contributed by atoms with Crippen molar-refractivity contribution in [1.29, 1.82) is 0 Å². The highest BCUT2D eigenvalue weighted by Crippen LogP contribution is 2.20. The van der Waals surface area contributed by atoms with Crippen LogP contribution in [0.4, 0.5) is 5.88 Å². The van der Waals surface area contributed by atoms with E-state index in [2.05, 4.69) is 5.16 Å². The van der Waals surface area contributed by atoms with Gasteiger partial charge in [-0.05, 0) is 18.4 Å². The van der Waals surface area contributed by atoms with Crippen LogP contribution in [-0.2, 0) is 6.42 Å². The van der Waals surface area contributed by atoms with Gasteiger partial charge in [-0.15, -0.1) is 0 Å². The fourth-order valence-electron chi connectivity index (χ4n) is 1.55. The molecule has 0 saturated carbocycles. The number of nitrogens with two attached hydrogens (primary N) is 1. The number of hydrogen-bond donors (Lipinski definition) is 2. The molecule has 2 rings (SSSR count). The molecule has 0 aliphatic carbocycles. The van der Waals surface area contributed by atoms with Gasteiger partial charge < -0.3 is 15.4 Å². The number of rotatable bonds is 4. The second-order valence-electron chi connectivity index (χ2n) is 3.64. The van der Waals surface area contributed by atoms with E-state index in [0.29, 0.717) is 5.88 Å². The first-order valence-electron chi connectivity index (χ1n) is 5.22. The predicted octanol–water partition coefficient (Wildman–Crippen LogP) is 1.85.